The standard InChI is InChI=1S/C28H34N2O2/c1-21(27(32)29-28(2,3)4)30(20-19-22-11-6-5-7-12-22)26(31)18-17-24-15-10-14-23-13-8-9-16-25(23)24/h5-16,21H,17-20H2,1-4H3,(H,29,32)/t21-/m1/s1. The molecule has 1 N–H and O–H groups in total. The molecule has 0 saturated heterocycles. The van der Waals surface area contributed by atoms with Crippen molar-refractivity contribution in [3.8, 4) is 0 Å². The number of carbonyl (C=O) groups is 2. The zero-order valence-electron chi connectivity index (χ0n) is 19.6. The van der Waals surface area contributed by atoms with Crippen LogP contribution < -0.4 is 5.32 Å². The summed E-state index contributed by atoms with van der Waals surface area (Å²) in [5.41, 5.74) is 1.97. The number of nitrogens with one attached hydrogen (secondary N) is 1. The lowest BCUT2D eigenvalue weighted by Gasteiger charge is -2.31. The van der Waals surface area contributed by atoms with Crippen LogP contribution in [0, 0.1) is 0 Å². The second-order valence-electron chi connectivity index (χ2n) is 9.38. The normalized spacial score (nSPS) is 12.4. The molecule has 0 saturated carbocycles. The van der Waals surface area contributed by atoms with Crippen molar-refractivity contribution in [2.45, 2.75) is 58.5 Å². The van der Waals surface area contributed by atoms with Gasteiger partial charge in [0.25, 0.3) is 0 Å². The van der Waals surface area contributed by atoms with Crippen LogP contribution in [0.4, 0.5) is 0 Å². The zero-order valence-corrected chi connectivity index (χ0v) is 19.6. The van der Waals surface area contributed by atoms with Crippen LogP contribution in [0.15, 0.2) is 72.8 Å². The second kappa shape index (κ2) is 10.4. The molecule has 0 aliphatic heterocycles. The van der Waals surface area contributed by atoms with Gasteiger partial charge < -0.3 is 10.2 Å². The van der Waals surface area contributed by atoms with Gasteiger partial charge in [-0.3, -0.25) is 9.59 Å². The van der Waals surface area contributed by atoms with Crippen LogP contribution in [0.25, 0.3) is 10.8 Å². The molecule has 0 aromatic heterocycles. The lowest BCUT2D eigenvalue weighted by Crippen LogP contribution is -2.53. The first-order valence-corrected chi connectivity index (χ1v) is 11.4. The first-order valence-electron chi connectivity index (χ1n) is 11.4. The topological polar surface area (TPSA) is 49.4 Å². The molecule has 0 heterocycles. The van der Waals surface area contributed by atoms with E-state index in [1.807, 2.05) is 64.1 Å². The third kappa shape index (κ3) is 6.43. The smallest absolute Gasteiger partial charge is 0.242 e. The number of rotatable bonds is 8. The summed E-state index contributed by atoms with van der Waals surface area (Å²) in [5.74, 6) is -0.116. The average molecular weight is 431 g/mol. The summed E-state index contributed by atoms with van der Waals surface area (Å²) in [6.07, 6.45) is 1.74. The Morgan fingerprint density at radius 2 is 1.53 bits per heavy atom. The van der Waals surface area contributed by atoms with Gasteiger partial charge in [-0.05, 0) is 62.4 Å². The SMILES string of the molecule is C[C@H](C(=O)NC(C)(C)C)N(CCc1ccccc1)C(=O)CCc1cccc2ccccc12. The minimum absolute atomic E-state index is 0.00502. The Labute approximate surface area is 191 Å². The minimum atomic E-state index is -0.530. The summed E-state index contributed by atoms with van der Waals surface area (Å²) < 4.78 is 0. The average Bonchev–Trinajstić information content (AvgIpc) is 2.77. The summed E-state index contributed by atoms with van der Waals surface area (Å²) in [6, 6.07) is 24.0. The fourth-order valence-electron chi connectivity index (χ4n) is 3.94. The Kier molecular flexibility index (Phi) is 7.68. The predicted molar refractivity (Wildman–Crippen MR) is 131 cm³/mol. The molecule has 0 spiro atoms. The Bertz CT molecular complexity index is 1050. The molecular weight excluding hydrogens is 396 g/mol. The first kappa shape index (κ1) is 23.5. The van der Waals surface area contributed by atoms with Crippen molar-refractivity contribution in [2.75, 3.05) is 6.54 Å². The molecular formula is C28H34N2O2. The molecule has 3 aromatic rings. The van der Waals surface area contributed by atoms with Gasteiger partial charge in [-0.25, -0.2) is 0 Å². The number of benzene rings is 3. The van der Waals surface area contributed by atoms with Crippen LogP contribution in [0.5, 0.6) is 0 Å². The van der Waals surface area contributed by atoms with E-state index in [0.717, 1.165) is 11.1 Å². The monoisotopic (exact) mass is 430 g/mol. The third-order valence-electron chi connectivity index (χ3n) is 5.64. The molecule has 3 aromatic carbocycles. The van der Waals surface area contributed by atoms with Crippen molar-refractivity contribution in [2.24, 2.45) is 0 Å². The maximum Gasteiger partial charge on any atom is 0.242 e. The lowest BCUT2D eigenvalue weighted by molar-refractivity contribution is -0.140. The molecule has 3 rings (SSSR count). The molecule has 1 atom stereocenters. The van der Waals surface area contributed by atoms with Crippen molar-refractivity contribution < 1.29 is 9.59 Å². The molecule has 0 aliphatic rings. The maximum atomic E-state index is 13.3. The van der Waals surface area contributed by atoms with Crippen molar-refractivity contribution in [3.63, 3.8) is 0 Å². The highest BCUT2D eigenvalue weighted by molar-refractivity contribution is 5.89. The van der Waals surface area contributed by atoms with Gasteiger partial charge in [-0.1, -0.05) is 72.8 Å². The van der Waals surface area contributed by atoms with Crippen LogP contribution in [0.1, 0.15) is 45.2 Å². The van der Waals surface area contributed by atoms with Crippen LogP contribution in [-0.4, -0.2) is 34.8 Å². The second-order valence-corrected chi connectivity index (χ2v) is 9.38. The number of aryl methyl sites for hydroxylation is 1. The first-order chi connectivity index (χ1) is 15.2. The van der Waals surface area contributed by atoms with Gasteiger partial charge in [-0.2, -0.15) is 0 Å². The van der Waals surface area contributed by atoms with Crippen molar-refractivity contribution in [1.29, 1.82) is 0 Å². The Hall–Kier alpha value is -3.14. The highest BCUT2D eigenvalue weighted by Gasteiger charge is 2.27. The summed E-state index contributed by atoms with van der Waals surface area (Å²) in [5, 5.41) is 5.37. The number of carbonyl (C=O) groups excluding carboxylic acids is 2. The molecule has 0 aliphatic carbocycles. The fourth-order valence-corrected chi connectivity index (χ4v) is 3.94. The molecule has 0 radical (unpaired) electrons. The van der Waals surface area contributed by atoms with Crippen molar-refractivity contribution in [3.05, 3.63) is 83.9 Å². The van der Waals surface area contributed by atoms with E-state index in [1.54, 1.807) is 4.90 Å². The van der Waals surface area contributed by atoms with E-state index < -0.39 is 6.04 Å². The summed E-state index contributed by atoms with van der Waals surface area (Å²) in [4.78, 5) is 27.9. The van der Waals surface area contributed by atoms with E-state index in [0.29, 0.717) is 25.8 Å². The molecule has 0 fully saturated rings. The summed E-state index contributed by atoms with van der Waals surface area (Å²) in [7, 11) is 0. The van der Waals surface area contributed by atoms with Crippen LogP contribution in [-0.2, 0) is 22.4 Å². The number of fused-ring (bicyclic) bond motifs is 1. The summed E-state index contributed by atoms with van der Waals surface area (Å²) in [6.45, 7) is 8.19. The van der Waals surface area contributed by atoms with E-state index >= 15 is 0 Å². The summed E-state index contributed by atoms with van der Waals surface area (Å²) >= 11 is 0. The van der Waals surface area contributed by atoms with Gasteiger partial charge >= 0.3 is 0 Å². The number of hydrogen-bond acceptors (Lipinski definition) is 2. The fraction of sp³-hybridized carbons (Fsp3) is 0.357. The van der Waals surface area contributed by atoms with Crippen molar-refractivity contribution >= 4 is 22.6 Å². The van der Waals surface area contributed by atoms with Crippen LogP contribution in [0.2, 0.25) is 0 Å². The molecule has 4 nitrogen and oxygen atoms in total. The van der Waals surface area contributed by atoms with Gasteiger partial charge in [0.1, 0.15) is 6.04 Å². The van der Waals surface area contributed by atoms with E-state index in [4.69, 9.17) is 0 Å². The van der Waals surface area contributed by atoms with E-state index in [-0.39, 0.29) is 17.4 Å². The zero-order chi connectivity index (χ0) is 23.1. The van der Waals surface area contributed by atoms with Gasteiger partial charge in [0.2, 0.25) is 11.8 Å². The van der Waals surface area contributed by atoms with Crippen molar-refractivity contribution in [1.82, 2.24) is 10.2 Å². The van der Waals surface area contributed by atoms with Crippen LogP contribution in [0.3, 0.4) is 0 Å². The predicted octanol–water partition coefficient (Wildman–Crippen LogP) is 5.15. The lowest BCUT2D eigenvalue weighted by atomic mass is 10.0. The Morgan fingerprint density at radius 3 is 2.25 bits per heavy atom. The quantitative estimate of drug-likeness (QED) is 0.537. The molecule has 168 valence electrons. The highest BCUT2D eigenvalue weighted by atomic mass is 16.2. The van der Waals surface area contributed by atoms with Crippen LogP contribution >= 0.6 is 0 Å². The molecule has 2 amide bonds. The van der Waals surface area contributed by atoms with Gasteiger partial charge in [0.05, 0.1) is 0 Å². The Morgan fingerprint density at radius 1 is 0.875 bits per heavy atom. The van der Waals surface area contributed by atoms with Gasteiger partial charge in [0, 0.05) is 18.5 Å². The minimum Gasteiger partial charge on any atom is -0.350 e. The molecule has 0 unspecified atom stereocenters. The van der Waals surface area contributed by atoms with E-state index in [9.17, 15) is 9.59 Å². The maximum absolute atomic E-state index is 13.3. The van der Waals surface area contributed by atoms with Gasteiger partial charge in [0.15, 0.2) is 0 Å². The molecule has 0 bridgehead atoms. The number of hydrogen-bond donors (Lipinski definition) is 1. The molecule has 4 heteroatoms. The van der Waals surface area contributed by atoms with E-state index in [2.05, 4.69) is 41.7 Å². The number of amides is 2. The third-order valence-corrected chi connectivity index (χ3v) is 5.64. The molecule has 32 heavy (non-hydrogen) atoms. The largest absolute Gasteiger partial charge is 0.350 e. The number of nitrogens with zero attached hydrogens (tertiary/aromatic N) is 1. The highest BCUT2D eigenvalue weighted by Crippen LogP contribution is 2.20. The van der Waals surface area contributed by atoms with E-state index in [1.165, 1.54) is 10.8 Å². The Balaban J connectivity index is 1.74. The van der Waals surface area contributed by atoms with Gasteiger partial charge in [-0.15, -0.1) is 0 Å².